The SMILES string of the molecule is CC(C)C(NCC1(C(O)c2ccccc2)CC1)c1ccc(F)cn1. The number of hydrogen-bond donors (Lipinski definition) is 2. The minimum absolute atomic E-state index is 0.0473. The Labute approximate surface area is 142 Å². The van der Waals surface area contributed by atoms with Gasteiger partial charge in [0.25, 0.3) is 0 Å². The number of aliphatic hydroxyl groups excluding tert-OH is 1. The van der Waals surface area contributed by atoms with Gasteiger partial charge >= 0.3 is 0 Å². The van der Waals surface area contributed by atoms with Crippen LogP contribution in [-0.2, 0) is 0 Å². The lowest BCUT2D eigenvalue weighted by molar-refractivity contribution is 0.0884. The molecule has 2 atom stereocenters. The van der Waals surface area contributed by atoms with Crippen LogP contribution in [0.1, 0.15) is 50.1 Å². The summed E-state index contributed by atoms with van der Waals surface area (Å²) in [7, 11) is 0. The highest BCUT2D eigenvalue weighted by molar-refractivity contribution is 5.22. The van der Waals surface area contributed by atoms with Crippen LogP contribution in [0.2, 0.25) is 0 Å². The number of aromatic nitrogens is 1. The van der Waals surface area contributed by atoms with Crippen LogP contribution in [-0.4, -0.2) is 16.6 Å². The monoisotopic (exact) mass is 328 g/mol. The quantitative estimate of drug-likeness (QED) is 0.807. The third-order valence-corrected chi connectivity index (χ3v) is 5.00. The molecule has 2 N–H and O–H groups in total. The fourth-order valence-corrected chi connectivity index (χ4v) is 3.26. The van der Waals surface area contributed by atoms with Gasteiger partial charge in [0, 0.05) is 12.0 Å². The Morgan fingerprint density at radius 3 is 2.42 bits per heavy atom. The Kier molecular flexibility index (Phi) is 4.97. The summed E-state index contributed by atoms with van der Waals surface area (Å²) in [6.07, 6.45) is 2.83. The number of hydrogen-bond acceptors (Lipinski definition) is 3. The van der Waals surface area contributed by atoms with Gasteiger partial charge in [-0.15, -0.1) is 0 Å². The fourth-order valence-electron chi connectivity index (χ4n) is 3.26. The van der Waals surface area contributed by atoms with Crippen molar-refractivity contribution in [3.63, 3.8) is 0 Å². The van der Waals surface area contributed by atoms with Crippen LogP contribution in [0.4, 0.5) is 4.39 Å². The summed E-state index contributed by atoms with van der Waals surface area (Å²) in [5, 5.41) is 14.3. The highest BCUT2D eigenvalue weighted by Gasteiger charge is 2.49. The van der Waals surface area contributed by atoms with Crippen molar-refractivity contribution in [1.82, 2.24) is 10.3 Å². The first-order valence-electron chi connectivity index (χ1n) is 8.60. The van der Waals surface area contributed by atoms with E-state index in [0.717, 1.165) is 30.6 Å². The van der Waals surface area contributed by atoms with Crippen LogP contribution in [0.3, 0.4) is 0 Å². The molecule has 1 saturated carbocycles. The van der Waals surface area contributed by atoms with E-state index in [9.17, 15) is 9.50 Å². The Morgan fingerprint density at radius 2 is 1.88 bits per heavy atom. The van der Waals surface area contributed by atoms with Crippen molar-refractivity contribution >= 4 is 0 Å². The van der Waals surface area contributed by atoms with Crippen molar-refractivity contribution in [2.45, 2.75) is 38.8 Å². The van der Waals surface area contributed by atoms with Gasteiger partial charge in [0.2, 0.25) is 0 Å². The van der Waals surface area contributed by atoms with Crippen molar-refractivity contribution in [1.29, 1.82) is 0 Å². The number of aliphatic hydroxyl groups is 1. The molecule has 2 aromatic rings. The molecule has 1 heterocycles. The molecule has 24 heavy (non-hydrogen) atoms. The molecule has 1 aromatic heterocycles. The van der Waals surface area contributed by atoms with Crippen molar-refractivity contribution < 1.29 is 9.50 Å². The molecular formula is C20H25FN2O. The van der Waals surface area contributed by atoms with Crippen LogP contribution in [0.15, 0.2) is 48.7 Å². The standard InChI is InChI=1S/C20H25FN2O/c1-14(2)18(17-9-8-16(21)12-22-17)23-13-20(10-11-20)19(24)15-6-4-3-5-7-15/h3-9,12,14,18-19,23-24H,10-11,13H2,1-2H3. The van der Waals surface area contributed by atoms with E-state index >= 15 is 0 Å². The highest BCUT2D eigenvalue weighted by atomic mass is 19.1. The molecule has 3 rings (SSSR count). The van der Waals surface area contributed by atoms with E-state index in [1.165, 1.54) is 12.3 Å². The zero-order valence-corrected chi connectivity index (χ0v) is 14.2. The lowest BCUT2D eigenvalue weighted by Crippen LogP contribution is -2.34. The predicted molar refractivity (Wildman–Crippen MR) is 92.8 cm³/mol. The first-order chi connectivity index (χ1) is 11.5. The van der Waals surface area contributed by atoms with Crippen molar-refractivity contribution in [3.8, 4) is 0 Å². The molecule has 1 aliphatic rings. The number of halogens is 1. The summed E-state index contributed by atoms with van der Waals surface area (Å²) in [6, 6.07) is 13.1. The molecule has 0 radical (unpaired) electrons. The third kappa shape index (κ3) is 3.65. The number of benzene rings is 1. The second-order valence-electron chi connectivity index (χ2n) is 7.18. The van der Waals surface area contributed by atoms with Gasteiger partial charge in [-0.2, -0.15) is 0 Å². The summed E-state index contributed by atoms with van der Waals surface area (Å²) in [5.41, 5.74) is 1.71. The van der Waals surface area contributed by atoms with Crippen LogP contribution in [0.5, 0.6) is 0 Å². The molecule has 1 fully saturated rings. The molecule has 4 heteroatoms. The Bertz CT molecular complexity index is 653. The molecule has 1 aromatic carbocycles. The first-order valence-corrected chi connectivity index (χ1v) is 8.60. The van der Waals surface area contributed by atoms with Crippen LogP contribution in [0, 0.1) is 17.2 Å². The molecule has 0 saturated heterocycles. The average Bonchev–Trinajstić information content (AvgIpc) is 3.37. The maximum absolute atomic E-state index is 13.1. The number of rotatable bonds is 7. The van der Waals surface area contributed by atoms with Gasteiger partial charge in [-0.05, 0) is 36.5 Å². The topological polar surface area (TPSA) is 45.1 Å². The van der Waals surface area contributed by atoms with E-state index in [1.807, 2.05) is 30.3 Å². The summed E-state index contributed by atoms with van der Waals surface area (Å²) in [4.78, 5) is 4.22. The molecule has 128 valence electrons. The molecule has 0 aliphatic heterocycles. The van der Waals surface area contributed by atoms with Gasteiger partial charge in [0.05, 0.1) is 24.0 Å². The predicted octanol–water partition coefficient (Wildman–Crippen LogP) is 4.02. The smallest absolute Gasteiger partial charge is 0.141 e. The van der Waals surface area contributed by atoms with Crippen molar-refractivity contribution in [3.05, 3.63) is 65.7 Å². The molecule has 1 aliphatic carbocycles. The van der Waals surface area contributed by atoms with Gasteiger partial charge in [-0.25, -0.2) is 4.39 Å². The Balaban J connectivity index is 1.69. The van der Waals surface area contributed by atoms with Gasteiger partial charge < -0.3 is 10.4 Å². The van der Waals surface area contributed by atoms with Gasteiger partial charge in [-0.1, -0.05) is 44.2 Å². The van der Waals surface area contributed by atoms with Gasteiger partial charge in [0.1, 0.15) is 5.82 Å². The zero-order valence-electron chi connectivity index (χ0n) is 14.2. The maximum Gasteiger partial charge on any atom is 0.141 e. The van der Waals surface area contributed by atoms with Crippen LogP contribution in [0.25, 0.3) is 0 Å². The molecule has 3 nitrogen and oxygen atoms in total. The second-order valence-corrected chi connectivity index (χ2v) is 7.18. The molecule has 0 spiro atoms. The minimum atomic E-state index is -0.458. The normalized spacial score (nSPS) is 18.4. The summed E-state index contributed by atoms with van der Waals surface area (Å²) >= 11 is 0. The molecule has 0 bridgehead atoms. The molecule has 2 unspecified atom stereocenters. The Hall–Kier alpha value is -1.78. The lowest BCUT2D eigenvalue weighted by atomic mass is 9.91. The van der Waals surface area contributed by atoms with E-state index in [-0.39, 0.29) is 17.3 Å². The first kappa shape index (κ1) is 17.1. The summed E-state index contributed by atoms with van der Waals surface area (Å²) in [5.74, 6) is 0.00653. The lowest BCUT2D eigenvalue weighted by Gasteiger charge is -2.28. The van der Waals surface area contributed by atoms with Gasteiger partial charge in [0.15, 0.2) is 0 Å². The number of nitrogens with one attached hydrogen (secondary N) is 1. The summed E-state index contributed by atoms with van der Waals surface area (Å²) < 4.78 is 13.1. The van der Waals surface area contributed by atoms with Crippen molar-refractivity contribution in [2.75, 3.05) is 6.54 Å². The summed E-state index contributed by atoms with van der Waals surface area (Å²) in [6.45, 7) is 4.97. The highest BCUT2D eigenvalue weighted by Crippen LogP contribution is 2.54. The minimum Gasteiger partial charge on any atom is -0.388 e. The fraction of sp³-hybridized carbons (Fsp3) is 0.450. The van der Waals surface area contributed by atoms with Crippen LogP contribution < -0.4 is 5.32 Å². The van der Waals surface area contributed by atoms with Crippen molar-refractivity contribution in [2.24, 2.45) is 11.3 Å². The van der Waals surface area contributed by atoms with E-state index in [0.29, 0.717) is 5.92 Å². The maximum atomic E-state index is 13.1. The third-order valence-electron chi connectivity index (χ3n) is 5.00. The van der Waals surface area contributed by atoms with E-state index < -0.39 is 6.10 Å². The Morgan fingerprint density at radius 1 is 1.17 bits per heavy atom. The van der Waals surface area contributed by atoms with E-state index in [1.54, 1.807) is 6.07 Å². The molecular weight excluding hydrogens is 303 g/mol. The zero-order chi connectivity index (χ0) is 17.2. The van der Waals surface area contributed by atoms with E-state index in [2.05, 4.69) is 24.1 Å². The van der Waals surface area contributed by atoms with Gasteiger partial charge in [-0.3, -0.25) is 4.98 Å². The number of nitrogens with zero attached hydrogens (tertiary/aromatic N) is 1. The van der Waals surface area contributed by atoms with Crippen LogP contribution >= 0.6 is 0 Å². The van der Waals surface area contributed by atoms with E-state index in [4.69, 9.17) is 0 Å². The second kappa shape index (κ2) is 6.99. The largest absolute Gasteiger partial charge is 0.388 e. The molecule has 0 amide bonds. The number of pyridine rings is 1. The average molecular weight is 328 g/mol.